The van der Waals surface area contributed by atoms with E-state index in [0.29, 0.717) is 18.8 Å². The van der Waals surface area contributed by atoms with E-state index in [1.165, 1.54) is 12.3 Å². The van der Waals surface area contributed by atoms with Gasteiger partial charge in [-0.05, 0) is 19.1 Å². The normalized spacial score (nSPS) is 18.4. The molecule has 2 rings (SSSR count). The number of nitrogens with zero attached hydrogens (tertiary/aromatic N) is 1. The highest BCUT2D eigenvalue weighted by Gasteiger charge is 2.19. The van der Waals surface area contributed by atoms with Gasteiger partial charge in [0.15, 0.2) is 0 Å². The molecular formula is C15H19NO4. The second-order valence-electron chi connectivity index (χ2n) is 4.65. The second-order valence-corrected chi connectivity index (χ2v) is 4.65. The number of hydrogen-bond acceptors (Lipinski definition) is 4. The molecule has 0 aliphatic carbocycles. The number of carbonyl (C=O) groups excluding carboxylic acids is 1. The first kappa shape index (κ1) is 14.2. The van der Waals surface area contributed by atoms with Crippen molar-refractivity contribution >= 4 is 5.91 Å². The molecule has 0 radical (unpaired) electrons. The molecule has 1 aromatic rings. The zero-order chi connectivity index (χ0) is 14.5. The number of methoxy groups -OCH3 is 2. The van der Waals surface area contributed by atoms with Crippen LogP contribution in [0.15, 0.2) is 30.5 Å². The first-order valence-corrected chi connectivity index (χ1v) is 6.46. The maximum absolute atomic E-state index is 12.0. The molecule has 1 atom stereocenters. The molecule has 1 heterocycles. The number of carbonyl (C=O) groups is 1. The minimum absolute atomic E-state index is 0.0260. The number of rotatable bonds is 4. The van der Waals surface area contributed by atoms with Gasteiger partial charge in [-0.2, -0.15) is 0 Å². The molecule has 0 bridgehead atoms. The lowest BCUT2D eigenvalue weighted by Gasteiger charge is -2.23. The van der Waals surface area contributed by atoms with Crippen LogP contribution in [0.5, 0.6) is 11.5 Å². The lowest BCUT2D eigenvalue weighted by atomic mass is 10.1. The topological polar surface area (TPSA) is 48.0 Å². The zero-order valence-electron chi connectivity index (χ0n) is 12.0. The number of benzene rings is 1. The maximum atomic E-state index is 12.0. The molecule has 1 aliphatic heterocycles. The molecular weight excluding hydrogens is 258 g/mol. The Bertz CT molecular complexity index is 513. The van der Waals surface area contributed by atoms with Gasteiger partial charge in [-0.1, -0.05) is 0 Å². The van der Waals surface area contributed by atoms with Crippen LogP contribution in [0.2, 0.25) is 0 Å². The molecule has 5 heteroatoms. The third-order valence-electron chi connectivity index (χ3n) is 3.17. The van der Waals surface area contributed by atoms with Gasteiger partial charge in [-0.25, -0.2) is 0 Å². The van der Waals surface area contributed by atoms with E-state index in [0.717, 1.165) is 11.3 Å². The largest absolute Gasteiger partial charge is 0.497 e. The molecule has 5 nitrogen and oxygen atoms in total. The van der Waals surface area contributed by atoms with Crippen LogP contribution >= 0.6 is 0 Å². The lowest BCUT2D eigenvalue weighted by molar-refractivity contribution is -0.127. The average Bonchev–Trinajstić information content (AvgIpc) is 2.61. The van der Waals surface area contributed by atoms with Gasteiger partial charge in [0.2, 0.25) is 5.91 Å². The van der Waals surface area contributed by atoms with Gasteiger partial charge in [0.1, 0.15) is 17.6 Å². The van der Waals surface area contributed by atoms with Crippen molar-refractivity contribution in [3.05, 3.63) is 36.1 Å². The predicted octanol–water partition coefficient (Wildman–Crippen LogP) is 1.96. The molecule has 0 aromatic heterocycles. The van der Waals surface area contributed by atoms with E-state index in [1.54, 1.807) is 19.1 Å². The van der Waals surface area contributed by atoms with Gasteiger partial charge >= 0.3 is 0 Å². The van der Waals surface area contributed by atoms with Crippen molar-refractivity contribution in [2.24, 2.45) is 0 Å². The molecule has 0 spiro atoms. The first-order valence-electron chi connectivity index (χ1n) is 6.46. The second kappa shape index (κ2) is 6.32. The fourth-order valence-corrected chi connectivity index (χ4v) is 2.11. The van der Waals surface area contributed by atoms with Crippen LogP contribution in [0.25, 0.3) is 0 Å². The van der Waals surface area contributed by atoms with Crippen LogP contribution in [0.3, 0.4) is 0 Å². The summed E-state index contributed by atoms with van der Waals surface area (Å²) in [6.45, 7) is 2.95. The molecule has 0 saturated carbocycles. The smallest absolute Gasteiger partial charge is 0.250 e. The Morgan fingerprint density at radius 1 is 1.35 bits per heavy atom. The monoisotopic (exact) mass is 277 g/mol. The van der Waals surface area contributed by atoms with E-state index >= 15 is 0 Å². The number of ether oxygens (including phenoxy) is 3. The molecule has 20 heavy (non-hydrogen) atoms. The van der Waals surface area contributed by atoms with Crippen LogP contribution in [-0.2, 0) is 16.1 Å². The van der Waals surface area contributed by atoms with Crippen molar-refractivity contribution in [2.75, 3.05) is 20.8 Å². The van der Waals surface area contributed by atoms with Crippen molar-refractivity contribution in [2.45, 2.75) is 19.6 Å². The summed E-state index contributed by atoms with van der Waals surface area (Å²) < 4.78 is 15.9. The summed E-state index contributed by atoms with van der Waals surface area (Å²) >= 11 is 0. The Labute approximate surface area is 118 Å². The van der Waals surface area contributed by atoms with E-state index < -0.39 is 0 Å². The summed E-state index contributed by atoms with van der Waals surface area (Å²) in [5, 5.41) is 0. The quantitative estimate of drug-likeness (QED) is 0.844. The maximum Gasteiger partial charge on any atom is 0.250 e. The predicted molar refractivity (Wildman–Crippen MR) is 74.7 cm³/mol. The SMILES string of the molecule is COc1ccc(CN2CC(C)OC=CC2=O)c(OC)c1. The Kier molecular flexibility index (Phi) is 4.50. The van der Waals surface area contributed by atoms with Gasteiger partial charge in [0.05, 0.1) is 27.0 Å². The summed E-state index contributed by atoms with van der Waals surface area (Å²) in [5.74, 6) is 1.37. The summed E-state index contributed by atoms with van der Waals surface area (Å²) in [6, 6.07) is 5.58. The summed E-state index contributed by atoms with van der Waals surface area (Å²) in [6.07, 6.45) is 2.87. The standard InChI is InChI=1S/C15H19NO4/c1-11-9-16(15(17)6-7-20-11)10-12-4-5-13(18-2)8-14(12)19-3/h4-8,11H,9-10H2,1-3H3. The van der Waals surface area contributed by atoms with E-state index in [-0.39, 0.29) is 12.0 Å². The molecule has 0 saturated heterocycles. The summed E-state index contributed by atoms with van der Waals surface area (Å²) in [4.78, 5) is 13.7. The molecule has 0 N–H and O–H groups in total. The van der Waals surface area contributed by atoms with Crippen LogP contribution in [0.4, 0.5) is 0 Å². The highest BCUT2D eigenvalue weighted by molar-refractivity contribution is 5.87. The molecule has 108 valence electrons. The van der Waals surface area contributed by atoms with Gasteiger partial charge in [0.25, 0.3) is 0 Å². The summed E-state index contributed by atoms with van der Waals surface area (Å²) in [7, 11) is 3.21. The molecule has 1 amide bonds. The summed E-state index contributed by atoms with van der Waals surface area (Å²) in [5.41, 5.74) is 0.934. The molecule has 1 aromatic carbocycles. The lowest BCUT2D eigenvalue weighted by Crippen LogP contribution is -2.34. The number of hydrogen-bond donors (Lipinski definition) is 0. The third-order valence-corrected chi connectivity index (χ3v) is 3.17. The molecule has 0 fully saturated rings. The van der Waals surface area contributed by atoms with Crippen molar-refractivity contribution in [1.29, 1.82) is 0 Å². The van der Waals surface area contributed by atoms with Gasteiger partial charge in [-0.15, -0.1) is 0 Å². The van der Waals surface area contributed by atoms with Crippen LogP contribution < -0.4 is 9.47 Å². The minimum atomic E-state index is -0.0628. The highest BCUT2D eigenvalue weighted by atomic mass is 16.5. The third kappa shape index (κ3) is 3.23. The van der Waals surface area contributed by atoms with E-state index in [2.05, 4.69) is 0 Å². The zero-order valence-corrected chi connectivity index (χ0v) is 12.0. The fraction of sp³-hybridized carbons (Fsp3) is 0.400. The number of amides is 1. The van der Waals surface area contributed by atoms with Gasteiger partial charge in [0, 0.05) is 24.3 Å². The van der Waals surface area contributed by atoms with Crippen molar-refractivity contribution in [3.8, 4) is 11.5 Å². The van der Waals surface area contributed by atoms with E-state index in [9.17, 15) is 4.79 Å². The van der Waals surface area contributed by atoms with Gasteiger partial charge in [-0.3, -0.25) is 4.79 Å². The Hall–Kier alpha value is -2.17. The van der Waals surface area contributed by atoms with Crippen molar-refractivity contribution in [3.63, 3.8) is 0 Å². The van der Waals surface area contributed by atoms with Crippen molar-refractivity contribution in [1.82, 2.24) is 4.90 Å². The first-order chi connectivity index (χ1) is 9.63. The Balaban J connectivity index is 2.20. The van der Waals surface area contributed by atoms with E-state index in [4.69, 9.17) is 14.2 Å². The Morgan fingerprint density at radius 3 is 2.85 bits per heavy atom. The molecule has 1 unspecified atom stereocenters. The van der Waals surface area contributed by atoms with Crippen LogP contribution in [0, 0.1) is 0 Å². The minimum Gasteiger partial charge on any atom is -0.497 e. The average molecular weight is 277 g/mol. The Morgan fingerprint density at radius 2 is 2.15 bits per heavy atom. The van der Waals surface area contributed by atoms with Crippen LogP contribution in [-0.4, -0.2) is 37.7 Å². The van der Waals surface area contributed by atoms with E-state index in [1.807, 2.05) is 25.1 Å². The van der Waals surface area contributed by atoms with Crippen LogP contribution in [0.1, 0.15) is 12.5 Å². The molecule has 1 aliphatic rings. The highest BCUT2D eigenvalue weighted by Crippen LogP contribution is 2.26. The fourth-order valence-electron chi connectivity index (χ4n) is 2.11. The van der Waals surface area contributed by atoms with Gasteiger partial charge < -0.3 is 19.1 Å². The van der Waals surface area contributed by atoms with Crippen molar-refractivity contribution < 1.29 is 19.0 Å².